The number of ether oxygens (including phenoxy) is 2. The summed E-state index contributed by atoms with van der Waals surface area (Å²) in [7, 11) is 3.14. The van der Waals surface area contributed by atoms with Gasteiger partial charge < -0.3 is 14.8 Å². The van der Waals surface area contributed by atoms with Gasteiger partial charge in [-0.15, -0.1) is 0 Å². The molecule has 130 valence electrons. The predicted octanol–water partition coefficient (Wildman–Crippen LogP) is 3.56. The minimum Gasteiger partial charge on any atom is -0.493 e. The van der Waals surface area contributed by atoms with Crippen LogP contribution >= 0.6 is 0 Å². The third-order valence-electron chi connectivity index (χ3n) is 3.95. The van der Waals surface area contributed by atoms with E-state index >= 15 is 0 Å². The van der Waals surface area contributed by atoms with Crippen LogP contribution in [0.4, 0.5) is 5.69 Å². The Hall–Kier alpha value is -3.02. The summed E-state index contributed by atoms with van der Waals surface area (Å²) in [5.41, 5.74) is 2.76. The molecule has 0 radical (unpaired) electrons. The molecule has 2 aromatic heterocycles. The number of methoxy groups -OCH3 is 2. The maximum atomic E-state index is 12.9. The number of aromatic nitrogens is 2. The van der Waals surface area contributed by atoms with Gasteiger partial charge in [-0.3, -0.25) is 9.20 Å². The summed E-state index contributed by atoms with van der Waals surface area (Å²) in [4.78, 5) is 17.5. The molecule has 1 aromatic carbocycles. The SMILES string of the molecule is CCCc1nc2ccccn2c1C(=O)Nc1ccc(OC)c(OC)c1. The number of carbonyl (C=O) groups excluding carboxylic acids is 1. The minimum atomic E-state index is -0.200. The highest BCUT2D eigenvalue weighted by molar-refractivity contribution is 6.04. The van der Waals surface area contributed by atoms with E-state index in [-0.39, 0.29) is 5.91 Å². The molecule has 0 aliphatic carbocycles. The van der Waals surface area contributed by atoms with Gasteiger partial charge in [0.15, 0.2) is 11.5 Å². The molecule has 6 nitrogen and oxygen atoms in total. The van der Waals surface area contributed by atoms with Crippen LogP contribution in [-0.2, 0) is 6.42 Å². The molecule has 0 aliphatic heterocycles. The first-order chi connectivity index (χ1) is 12.2. The Morgan fingerprint density at radius 2 is 1.96 bits per heavy atom. The Bertz CT molecular complexity index is 902. The Balaban J connectivity index is 1.96. The van der Waals surface area contributed by atoms with Crippen LogP contribution in [0, 0.1) is 0 Å². The lowest BCUT2D eigenvalue weighted by molar-refractivity contribution is 0.102. The van der Waals surface area contributed by atoms with E-state index in [0.29, 0.717) is 22.9 Å². The molecule has 0 saturated heterocycles. The van der Waals surface area contributed by atoms with Gasteiger partial charge in [0.25, 0.3) is 5.91 Å². The highest BCUT2D eigenvalue weighted by Gasteiger charge is 2.19. The number of aryl methyl sites for hydroxylation is 1. The van der Waals surface area contributed by atoms with Crippen molar-refractivity contribution < 1.29 is 14.3 Å². The van der Waals surface area contributed by atoms with Gasteiger partial charge in [-0.1, -0.05) is 19.4 Å². The lowest BCUT2D eigenvalue weighted by atomic mass is 10.2. The Kier molecular flexibility index (Phi) is 4.88. The van der Waals surface area contributed by atoms with Crippen LogP contribution in [0.1, 0.15) is 29.5 Å². The van der Waals surface area contributed by atoms with Crippen molar-refractivity contribution in [2.45, 2.75) is 19.8 Å². The monoisotopic (exact) mass is 339 g/mol. The zero-order valence-electron chi connectivity index (χ0n) is 14.6. The molecule has 3 rings (SSSR count). The molecule has 0 spiro atoms. The molecule has 1 N–H and O–H groups in total. The van der Waals surface area contributed by atoms with E-state index in [1.165, 1.54) is 0 Å². The van der Waals surface area contributed by atoms with Crippen molar-refractivity contribution in [1.82, 2.24) is 9.38 Å². The fourth-order valence-electron chi connectivity index (χ4n) is 2.80. The van der Waals surface area contributed by atoms with Crippen molar-refractivity contribution >= 4 is 17.2 Å². The van der Waals surface area contributed by atoms with Crippen LogP contribution in [0.3, 0.4) is 0 Å². The fraction of sp³-hybridized carbons (Fsp3) is 0.263. The van der Waals surface area contributed by atoms with Gasteiger partial charge in [-0.05, 0) is 30.7 Å². The Labute approximate surface area is 146 Å². The average Bonchev–Trinajstić information content (AvgIpc) is 3.00. The van der Waals surface area contributed by atoms with Crippen molar-refractivity contribution in [3.8, 4) is 11.5 Å². The van der Waals surface area contributed by atoms with E-state index in [2.05, 4.69) is 17.2 Å². The quantitative estimate of drug-likeness (QED) is 0.746. The molecule has 0 bridgehead atoms. The van der Waals surface area contributed by atoms with Crippen molar-refractivity contribution in [2.75, 3.05) is 19.5 Å². The maximum Gasteiger partial charge on any atom is 0.274 e. The number of nitrogens with zero attached hydrogens (tertiary/aromatic N) is 2. The third-order valence-corrected chi connectivity index (χ3v) is 3.95. The van der Waals surface area contributed by atoms with E-state index in [0.717, 1.165) is 24.2 Å². The number of fused-ring (bicyclic) bond motifs is 1. The number of rotatable bonds is 6. The number of hydrogen-bond donors (Lipinski definition) is 1. The summed E-state index contributed by atoms with van der Waals surface area (Å²) in [5, 5.41) is 2.93. The summed E-state index contributed by atoms with van der Waals surface area (Å²) >= 11 is 0. The summed E-state index contributed by atoms with van der Waals surface area (Å²) in [6.45, 7) is 2.07. The highest BCUT2D eigenvalue weighted by Crippen LogP contribution is 2.30. The number of hydrogen-bond acceptors (Lipinski definition) is 4. The Morgan fingerprint density at radius 1 is 1.16 bits per heavy atom. The molecule has 0 fully saturated rings. The molecule has 0 atom stereocenters. The van der Waals surface area contributed by atoms with Crippen LogP contribution in [0.2, 0.25) is 0 Å². The normalized spacial score (nSPS) is 10.7. The van der Waals surface area contributed by atoms with Crippen molar-refractivity contribution in [3.63, 3.8) is 0 Å². The standard InChI is InChI=1S/C19H21N3O3/c1-4-7-14-18(22-11-6-5-8-17(22)21-14)19(23)20-13-9-10-15(24-2)16(12-13)25-3/h5-6,8-12H,4,7H2,1-3H3,(H,20,23). The highest BCUT2D eigenvalue weighted by atomic mass is 16.5. The zero-order chi connectivity index (χ0) is 17.8. The second-order valence-electron chi connectivity index (χ2n) is 5.61. The summed E-state index contributed by atoms with van der Waals surface area (Å²) in [5.74, 6) is 0.976. The molecule has 25 heavy (non-hydrogen) atoms. The fourth-order valence-corrected chi connectivity index (χ4v) is 2.80. The number of nitrogens with one attached hydrogen (secondary N) is 1. The van der Waals surface area contributed by atoms with Crippen molar-refractivity contribution in [2.24, 2.45) is 0 Å². The lowest BCUT2D eigenvalue weighted by Gasteiger charge is -2.11. The number of carbonyl (C=O) groups is 1. The van der Waals surface area contributed by atoms with E-state index in [4.69, 9.17) is 9.47 Å². The maximum absolute atomic E-state index is 12.9. The van der Waals surface area contributed by atoms with Crippen LogP contribution < -0.4 is 14.8 Å². The van der Waals surface area contributed by atoms with Gasteiger partial charge >= 0.3 is 0 Å². The molecular formula is C19H21N3O3. The molecule has 1 amide bonds. The van der Waals surface area contributed by atoms with Crippen LogP contribution in [-0.4, -0.2) is 29.5 Å². The van der Waals surface area contributed by atoms with Gasteiger partial charge in [-0.2, -0.15) is 0 Å². The first-order valence-corrected chi connectivity index (χ1v) is 8.17. The van der Waals surface area contributed by atoms with Crippen LogP contribution in [0.15, 0.2) is 42.6 Å². The molecule has 0 aliphatic rings. The van der Waals surface area contributed by atoms with E-state index in [1.54, 1.807) is 32.4 Å². The van der Waals surface area contributed by atoms with Crippen molar-refractivity contribution in [1.29, 1.82) is 0 Å². The van der Waals surface area contributed by atoms with E-state index < -0.39 is 0 Å². The number of pyridine rings is 1. The van der Waals surface area contributed by atoms with E-state index in [9.17, 15) is 4.79 Å². The molecule has 0 saturated carbocycles. The number of amides is 1. The topological polar surface area (TPSA) is 64.9 Å². The van der Waals surface area contributed by atoms with Crippen LogP contribution in [0.25, 0.3) is 5.65 Å². The average molecular weight is 339 g/mol. The second kappa shape index (κ2) is 7.25. The predicted molar refractivity (Wildman–Crippen MR) is 96.7 cm³/mol. The summed E-state index contributed by atoms with van der Waals surface area (Å²) in [6, 6.07) is 11.0. The first-order valence-electron chi connectivity index (χ1n) is 8.17. The molecule has 6 heteroatoms. The number of imidazole rings is 1. The molecular weight excluding hydrogens is 318 g/mol. The van der Waals surface area contributed by atoms with Crippen molar-refractivity contribution in [3.05, 3.63) is 54.0 Å². The zero-order valence-corrected chi connectivity index (χ0v) is 14.6. The molecule has 2 heterocycles. The first kappa shape index (κ1) is 16.8. The lowest BCUT2D eigenvalue weighted by Crippen LogP contribution is -2.16. The van der Waals surface area contributed by atoms with Gasteiger partial charge in [0.1, 0.15) is 11.3 Å². The van der Waals surface area contributed by atoms with Gasteiger partial charge in [0, 0.05) is 18.0 Å². The van der Waals surface area contributed by atoms with Gasteiger partial charge in [0.05, 0.1) is 19.9 Å². The number of benzene rings is 1. The largest absolute Gasteiger partial charge is 0.493 e. The van der Waals surface area contributed by atoms with E-state index in [1.807, 2.05) is 28.8 Å². The third kappa shape index (κ3) is 3.28. The second-order valence-corrected chi connectivity index (χ2v) is 5.61. The minimum absolute atomic E-state index is 0.200. The molecule has 0 unspecified atom stereocenters. The summed E-state index contributed by atoms with van der Waals surface area (Å²) < 4.78 is 12.3. The number of anilines is 1. The van der Waals surface area contributed by atoms with Crippen LogP contribution in [0.5, 0.6) is 11.5 Å². The van der Waals surface area contributed by atoms with Gasteiger partial charge in [-0.25, -0.2) is 4.98 Å². The van der Waals surface area contributed by atoms with Gasteiger partial charge in [0.2, 0.25) is 0 Å². The Morgan fingerprint density at radius 3 is 2.68 bits per heavy atom. The molecule has 3 aromatic rings. The smallest absolute Gasteiger partial charge is 0.274 e. The summed E-state index contributed by atoms with van der Waals surface area (Å²) in [6.07, 6.45) is 3.52.